The second kappa shape index (κ2) is 6.60. The second-order valence-corrected chi connectivity index (χ2v) is 5.47. The van der Waals surface area contributed by atoms with Crippen LogP contribution in [-0.2, 0) is 0 Å². The maximum Gasteiger partial charge on any atom is 0.254 e. The number of nitrogens with zero attached hydrogens (tertiary/aromatic N) is 1. The molecule has 20 heavy (non-hydrogen) atoms. The molecule has 0 radical (unpaired) electrons. The molecule has 0 aromatic heterocycles. The third-order valence-corrected chi connectivity index (χ3v) is 3.70. The summed E-state index contributed by atoms with van der Waals surface area (Å²) < 4.78 is 5.55. The van der Waals surface area contributed by atoms with E-state index in [2.05, 4.69) is 13.5 Å². The number of ether oxygens (including phenoxy) is 1. The van der Waals surface area contributed by atoms with Crippen LogP contribution in [0.1, 0.15) is 43.5 Å². The van der Waals surface area contributed by atoms with Gasteiger partial charge in [-0.05, 0) is 56.0 Å². The van der Waals surface area contributed by atoms with Gasteiger partial charge >= 0.3 is 0 Å². The minimum atomic E-state index is 0.140. The van der Waals surface area contributed by atoms with Gasteiger partial charge in [-0.1, -0.05) is 13.5 Å². The summed E-state index contributed by atoms with van der Waals surface area (Å²) in [6.07, 6.45) is 3.28. The van der Waals surface area contributed by atoms with Crippen LogP contribution in [0.3, 0.4) is 0 Å². The molecule has 0 bridgehead atoms. The van der Waals surface area contributed by atoms with E-state index in [0.717, 1.165) is 42.7 Å². The number of carbonyl (C=O) groups is 1. The summed E-state index contributed by atoms with van der Waals surface area (Å²) in [5.41, 5.74) is 1.72. The molecule has 0 N–H and O–H groups in total. The van der Waals surface area contributed by atoms with Crippen molar-refractivity contribution in [3.63, 3.8) is 0 Å². The Morgan fingerprint density at radius 3 is 2.70 bits per heavy atom. The summed E-state index contributed by atoms with van der Waals surface area (Å²) in [6, 6.07) is 7.81. The molecule has 1 fully saturated rings. The van der Waals surface area contributed by atoms with Gasteiger partial charge in [-0.3, -0.25) is 4.79 Å². The average Bonchev–Trinajstić information content (AvgIpc) is 2.93. The molecule has 0 unspecified atom stereocenters. The Bertz CT molecular complexity index is 478. The molecule has 108 valence electrons. The Balaban J connectivity index is 2.02. The smallest absolute Gasteiger partial charge is 0.254 e. The van der Waals surface area contributed by atoms with Crippen molar-refractivity contribution in [1.82, 2.24) is 4.90 Å². The fraction of sp³-hybridized carbons (Fsp3) is 0.471. The van der Waals surface area contributed by atoms with Crippen LogP contribution >= 0.6 is 0 Å². The van der Waals surface area contributed by atoms with E-state index < -0.39 is 0 Å². The standard InChI is InChI=1S/C17H23NO2/c1-4-15-6-5-11-18(15)17(19)14-7-9-16(10-8-14)20-12-13(2)3/h7-10,15H,2,4-6,11-12H2,1,3H3/t15-/m1/s1. The Labute approximate surface area is 121 Å². The van der Waals surface area contributed by atoms with Crippen molar-refractivity contribution in [2.24, 2.45) is 0 Å². The van der Waals surface area contributed by atoms with E-state index >= 15 is 0 Å². The van der Waals surface area contributed by atoms with Crippen LogP contribution in [0.2, 0.25) is 0 Å². The lowest BCUT2D eigenvalue weighted by Gasteiger charge is -2.23. The van der Waals surface area contributed by atoms with Crippen molar-refractivity contribution in [2.45, 2.75) is 39.2 Å². The first kappa shape index (κ1) is 14.6. The molecule has 1 aliphatic rings. The van der Waals surface area contributed by atoms with E-state index in [1.54, 1.807) is 0 Å². The highest BCUT2D eigenvalue weighted by molar-refractivity contribution is 5.94. The van der Waals surface area contributed by atoms with Crippen LogP contribution in [0.5, 0.6) is 5.75 Å². The summed E-state index contributed by atoms with van der Waals surface area (Å²) in [7, 11) is 0. The lowest BCUT2D eigenvalue weighted by molar-refractivity contribution is 0.0733. The minimum Gasteiger partial charge on any atom is -0.489 e. The highest BCUT2D eigenvalue weighted by Crippen LogP contribution is 2.23. The third-order valence-electron chi connectivity index (χ3n) is 3.70. The number of carbonyl (C=O) groups excluding carboxylic acids is 1. The van der Waals surface area contributed by atoms with E-state index in [1.807, 2.05) is 36.1 Å². The van der Waals surface area contributed by atoms with Gasteiger partial charge in [0, 0.05) is 18.2 Å². The monoisotopic (exact) mass is 273 g/mol. The van der Waals surface area contributed by atoms with Gasteiger partial charge in [0.25, 0.3) is 5.91 Å². The van der Waals surface area contributed by atoms with Crippen molar-refractivity contribution in [2.75, 3.05) is 13.2 Å². The van der Waals surface area contributed by atoms with Gasteiger partial charge in [0.15, 0.2) is 0 Å². The van der Waals surface area contributed by atoms with Crippen LogP contribution in [-0.4, -0.2) is 30.0 Å². The van der Waals surface area contributed by atoms with E-state index in [4.69, 9.17) is 4.74 Å². The van der Waals surface area contributed by atoms with E-state index in [-0.39, 0.29) is 5.91 Å². The van der Waals surface area contributed by atoms with E-state index in [9.17, 15) is 4.79 Å². The first-order valence-electron chi connectivity index (χ1n) is 7.30. The molecule has 3 nitrogen and oxygen atoms in total. The van der Waals surface area contributed by atoms with Gasteiger partial charge in [-0.15, -0.1) is 0 Å². The third kappa shape index (κ3) is 3.41. The molecule has 1 aliphatic heterocycles. The highest BCUT2D eigenvalue weighted by atomic mass is 16.5. The van der Waals surface area contributed by atoms with Gasteiger partial charge in [0.1, 0.15) is 12.4 Å². The van der Waals surface area contributed by atoms with Crippen LogP contribution in [0.4, 0.5) is 0 Å². The number of hydrogen-bond donors (Lipinski definition) is 0. The Morgan fingerprint density at radius 2 is 2.10 bits per heavy atom. The average molecular weight is 273 g/mol. The predicted octanol–water partition coefficient (Wildman–Crippen LogP) is 3.66. The molecular formula is C17H23NO2. The largest absolute Gasteiger partial charge is 0.489 e. The van der Waals surface area contributed by atoms with Crippen molar-refractivity contribution in [1.29, 1.82) is 0 Å². The van der Waals surface area contributed by atoms with E-state index in [1.165, 1.54) is 0 Å². The van der Waals surface area contributed by atoms with Crippen LogP contribution in [0.15, 0.2) is 36.4 Å². The van der Waals surface area contributed by atoms with Gasteiger partial charge in [0.2, 0.25) is 0 Å². The van der Waals surface area contributed by atoms with E-state index in [0.29, 0.717) is 12.6 Å². The first-order chi connectivity index (χ1) is 9.61. The number of hydrogen-bond acceptors (Lipinski definition) is 2. The number of amides is 1. The second-order valence-electron chi connectivity index (χ2n) is 5.47. The quantitative estimate of drug-likeness (QED) is 0.766. The zero-order chi connectivity index (χ0) is 14.5. The normalized spacial score (nSPS) is 18.1. The molecule has 1 saturated heterocycles. The fourth-order valence-electron chi connectivity index (χ4n) is 2.59. The SMILES string of the molecule is C=C(C)COc1ccc(C(=O)N2CCC[C@H]2CC)cc1. The maximum absolute atomic E-state index is 12.5. The number of rotatable bonds is 5. The molecule has 0 aliphatic carbocycles. The van der Waals surface area contributed by atoms with Gasteiger partial charge in [0.05, 0.1) is 0 Å². The topological polar surface area (TPSA) is 29.5 Å². The number of likely N-dealkylation sites (tertiary alicyclic amines) is 1. The first-order valence-corrected chi connectivity index (χ1v) is 7.30. The molecule has 1 amide bonds. The molecule has 3 heteroatoms. The summed E-state index contributed by atoms with van der Waals surface area (Å²) >= 11 is 0. The predicted molar refractivity (Wildman–Crippen MR) is 81.1 cm³/mol. The van der Waals surface area contributed by atoms with Crippen molar-refractivity contribution < 1.29 is 9.53 Å². The van der Waals surface area contributed by atoms with Crippen molar-refractivity contribution in [3.05, 3.63) is 42.0 Å². The maximum atomic E-state index is 12.5. The fourth-order valence-corrected chi connectivity index (χ4v) is 2.59. The molecule has 1 atom stereocenters. The molecule has 0 spiro atoms. The number of benzene rings is 1. The Hall–Kier alpha value is -1.77. The highest BCUT2D eigenvalue weighted by Gasteiger charge is 2.27. The minimum absolute atomic E-state index is 0.140. The molecular weight excluding hydrogens is 250 g/mol. The zero-order valence-electron chi connectivity index (χ0n) is 12.4. The molecule has 2 rings (SSSR count). The molecule has 0 saturated carbocycles. The van der Waals surface area contributed by atoms with Crippen molar-refractivity contribution in [3.8, 4) is 5.75 Å². The van der Waals surface area contributed by atoms with Gasteiger partial charge in [-0.25, -0.2) is 0 Å². The molecule has 1 aromatic rings. The lowest BCUT2D eigenvalue weighted by atomic mass is 10.1. The molecule has 1 aromatic carbocycles. The molecule has 1 heterocycles. The van der Waals surface area contributed by atoms with Crippen LogP contribution < -0.4 is 4.74 Å². The summed E-state index contributed by atoms with van der Waals surface area (Å²) in [6.45, 7) is 9.26. The van der Waals surface area contributed by atoms with Crippen LogP contribution in [0.25, 0.3) is 0 Å². The summed E-state index contributed by atoms with van der Waals surface area (Å²) in [4.78, 5) is 14.5. The zero-order valence-corrected chi connectivity index (χ0v) is 12.4. The lowest BCUT2D eigenvalue weighted by Crippen LogP contribution is -2.35. The van der Waals surface area contributed by atoms with Gasteiger partial charge < -0.3 is 9.64 Å². The van der Waals surface area contributed by atoms with Crippen LogP contribution in [0, 0.1) is 0 Å². The summed E-state index contributed by atoms with van der Waals surface area (Å²) in [5, 5.41) is 0. The summed E-state index contributed by atoms with van der Waals surface area (Å²) in [5.74, 6) is 0.916. The Morgan fingerprint density at radius 1 is 1.40 bits per heavy atom. The Kier molecular flexibility index (Phi) is 4.83. The van der Waals surface area contributed by atoms with Crippen molar-refractivity contribution >= 4 is 5.91 Å². The van der Waals surface area contributed by atoms with Gasteiger partial charge in [-0.2, -0.15) is 0 Å².